The van der Waals surface area contributed by atoms with Crippen LogP contribution in [-0.4, -0.2) is 26.9 Å². The van der Waals surface area contributed by atoms with E-state index < -0.39 is 21.9 Å². The number of para-hydroxylation sites is 1. The van der Waals surface area contributed by atoms with Crippen molar-refractivity contribution in [1.82, 2.24) is 0 Å². The quantitative estimate of drug-likeness (QED) is 0.435. The number of nitrogens with one attached hydrogen (secondary N) is 2. The van der Waals surface area contributed by atoms with Crippen LogP contribution in [0.15, 0.2) is 53.4 Å². The van der Waals surface area contributed by atoms with E-state index in [0.717, 1.165) is 29.7 Å². The van der Waals surface area contributed by atoms with Crippen molar-refractivity contribution in [2.24, 2.45) is 0 Å². The third-order valence-electron chi connectivity index (χ3n) is 5.17. The Hall–Kier alpha value is -2.88. The summed E-state index contributed by atoms with van der Waals surface area (Å²) in [5, 5.41) is 3.27. The minimum absolute atomic E-state index is 0.0686. The van der Waals surface area contributed by atoms with Gasteiger partial charge < -0.3 is 10.1 Å². The van der Waals surface area contributed by atoms with E-state index in [9.17, 15) is 18.0 Å². The standard InChI is InChI=1S/C23H21ClN2O5S2/c1-2-31-23(28)20-15-9-7-12-18(15)32-22(20)25-21(27)14-8-3-5-11-17(14)26-33(29,30)19-13-6-4-10-16(19)24/h3-6,8,10-11,13,26H,2,7,9,12H2,1H3,(H,25,27). The zero-order valence-electron chi connectivity index (χ0n) is 17.7. The van der Waals surface area contributed by atoms with Crippen LogP contribution in [0.1, 0.15) is 44.5 Å². The average Bonchev–Trinajstić information content (AvgIpc) is 3.35. The van der Waals surface area contributed by atoms with Crippen LogP contribution in [-0.2, 0) is 27.6 Å². The molecular formula is C23H21ClN2O5S2. The molecule has 0 saturated carbocycles. The lowest BCUT2D eigenvalue weighted by molar-refractivity contribution is 0.0527. The summed E-state index contributed by atoms with van der Waals surface area (Å²) in [5.74, 6) is -1.02. The number of anilines is 2. The summed E-state index contributed by atoms with van der Waals surface area (Å²) in [4.78, 5) is 26.7. The Labute approximate surface area is 200 Å². The van der Waals surface area contributed by atoms with Gasteiger partial charge in [-0.2, -0.15) is 0 Å². The van der Waals surface area contributed by atoms with E-state index in [1.54, 1.807) is 31.2 Å². The van der Waals surface area contributed by atoms with Gasteiger partial charge in [-0.25, -0.2) is 13.2 Å². The van der Waals surface area contributed by atoms with Gasteiger partial charge in [0.05, 0.1) is 28.4 Å². The maximum Gasteiger partial charge on any atom is 0.341 e. The lowest BCUT2D eigenvalue weighted by atomic mass is 10.1. The molecule has 7 nitrogen and oxygen atoms in total. The molecule has 2 N–H and O–H groups in total. The second kappa shape index (κ2) is 9.54. The van der Waals surface area contributed by atoms with Crippen LogP contribution < -0.4 is 10.0 Å². The molecule has 33 heavy (non-hydrogen) atoms. The Bertz CT molecular complexity index is 1330. The van der Waals surface area contributed by atoms with Gasteiger partial charge in [0.15, 0.2) is 0 Å². The predicted octanol–water partition coefficient (Wildman–Crippen LogP) is 5.12. The lowest BCUT2D eigenvalue weighted by Crippen LogP contribution is -2.19. The second-order valence-electron chi connectivity index (χ2n) is 7.32. The Morgan fingerprint density at radius 2 is 1.82 bits per heavy atom. The third kappa shape index (κ3) is 4.75. The van der Waals surface area contributed by atoms with Crippen molar-refractivity contribution in [3.8, 4) is 0 Å². The molecule has 1 amide bonds. The smallest absolute Gasteiger partial charge is 0.341 e. The molecule has 172 valence electrons. The number of fused-ring (bicyclic) bond motifs is 1. The molecule has 0 fully saturated rings. The molecule has 3 aromatic rings. The normalized spacial score (nSPS) is 12.8. The maximum absolute atomic E-state index is 13.2. The Morgan fingerprint density at radius 3 is 2.58 bits per heavy atom. The SMILES string of the molecule is CCOC(=O)c1c(NC(=O)c2ccccc2NS(=O)(=O)c2ccccc2Cl)sc2c1CCC2. The van der Waals surface area contributed by atoms with Crippen molar-refractivity contribution in [2.45, 2.75) is 31.1 Å². The van der Waals surface area contributed by atoms with Crippen LogP contribution in [0.3, 0.4) is 0 Å². The van der Waals surface area contributed by atoms with Crippen LogP contribution in [0.25, 0.3) is 0 Å². The summed E-state index contributed by atoms with van der Waals surface area (Å²) in [6, 6.07) is 12.3. The van der Waals surface area contributed by atoms with Crippen molar-refractivity contribution < 1.29 is 22.7 Å². The van der Waals surface area contributed by atoms with Gasteiger partial charge in [0.2, 0.25) is 0 Å². The van der Waals surface area contributed by atoms with E-state index in [2.05, 4.69) is 10.0 Å². The van der Waals surface area contributed by atoms with Gasteiger partial charge >= 0.3 is 5.97 Å². The molecule has 0 radical (unpaired) electrons. The highest BCUT2D eigenvalue weighted by Crippen LogP contribution is 2.40. The van der Waals surface area contributed by atoms with Crippen molar-refractivity contribution in [3.05, 3.63) is 75.1 Å². The molecular weight excluding hydrogens is 484 g/mol. The van der Waals surface area contributed by atoms with Gasteiger partial charge in [0, 0.05) is 4.88 Å². The number of carbonyl (C=O) groups is 2. The third-order valence-corrected chi connectivity index (χ3v) is 8.24. The lowest BCUT2D eigenvalue weighted by Gasteiger charge is -2.14. The van der Waals surface area contributed by atoms with E-state index in [-0.39, 0.29) is 27.8 Å². The zero-order chi connectivity index (χ0) is 23.6. The van der Waals surface area contributed by atoms with Crippen molar-refractivity contribution in [3.63, 3.8) is 0 Å². The molecule has 0 bridgehead atoms. The molecule has 0 unspecified atom stereocenters. The molecule has 0 saturated heterocycles. The number of ether oxygens (including phenoxy) is 1. The van der Waals surface area contributed by atoms with Crippen molar-refractivity contribution in [1.29, 1.82) is 0 Å². The number of benzene rings is 2. The molecule has 0 atom stereocenters. The molecule has 1 aliphatic rings. The van der Waals surface area contributed by atoms with E-state index in [1.807, 2.05) is 0 Å². The summed E-state index contributed by atoms with van der Waals surface area (Å²) in [7, 11) is -4.03. The Kier molecular flexibility index (Phi) is 6.73. The number of esters is 1. The number of carbonyl (C=O) groups excluding carboxylic acids is 2. The molecule has 2 aromatic carbocycles. The number of amides is 1. The number of rotatable bonds is 7. The van der Waals surface area contributed by atoms with Gasteiger partial charge in [0.25, 0.3) is 15.9 Å². The van der Waals surface area contributed by atoms with Gasteiger partial charge in [0.1, 0.15) is 9.90 Å². The van der Waals surface area contributed by atoms with E-state index in [1.165, 1.54) is 35.6 Å². The first-order chi connectivity index (χ1) is 15.8. The largest absolute Gasteiger partial charge is 0.462 e. The number of hydrogen-bond acceptors (Lipinski definition) is 6. The Balaban J connectivity index is 1.64. The summed E-state index contributed by atoms with van der Waals surface area (Å²) >= 11 is 7.41. The van der Waals surface area contributed by atoms with Crippen LogP contribution in [0.5, 0.6) is 0 Å². The first-order valence-electron chi connectivity index (χ1n) is 10.3. The number of thiophene rings is 1. The molecule has 10 heteroatoms. The zero-order valence-corrected chi connectivity index (χ0v) is 20.1. The molecule has 0 aliphatic heterocycles. The maximum atomic E-state index is 13.2. The van der Waals surface area contributed by atoms with Gasteiger partial charge in [-0.1, -0.05) is 35.9 Å². The second-order valence-corrected chi connectivity index (χ2v) is 10.5. The van der Waals surface area contributed by atoms with Crippen LogP contribution in [0.4, 0.5) is 10.7 Å². The van der Waals surface area contributed by atoms with Crippen LogP contribution >= 0.6 is 22.9 Å². The summed E-state index contributed by atoms with van der Waals surface area (Å²) in [6.07, 6.45) is 2.55. The van der Waals surface area contributed by atoms with Gasteiger partial charge in [-0.15, -0.1) is 11.3 Å². The molecule has 0 spiro atoms. The topological polar surface area (TPSA) is 102 Å². The molecule has 1 aliphatic carbocycles. The Morgan fingerprint density at radius 1 is 1.09 bits per heavy atom. The van der Waals surface area contributed by atoms with Crippen molar-refractivity contribution in [2.75, 3.05) is 16.6 Å². The summed E-state index contributed by atoms with van der Waals surface area (Å²) < 4.78 is 33.4. The number of hydrogen-bond donors (Lipinski definition) is 2. The highest BCUT2D eigenvalue weighted by molar-refractivity contribution is 7.92. The predicted molar refractivity (Wildman–Crippen MR) is 129 cm³/mol. The van der Waals surface area contributed by atoms with E-state index >= 15 is 0 Å². The number of aryl methyl sites for hydroxylation is 1. The highest BCUT2D eigenvalue weighted by Gasteiger charge is 2.29. The fourth-order valence-electron chi connectivity index (χ4n) is 3.71. The molecule has 4 rings (SSSR count). The monoisotopic (exact) mass is 504 g/mol. The van der Waals surface area contributed by atoms with Gasteiger partial charge in [-0.3, -0.25) is 9.52 Å². The van der Waals surface area contributed by atoms with Crippen LogP contribution in [0, 0.1) is 0 Å². The number of sulfonamides is 1. The highest BCUT2D eigenvalue weighted by atomic mass is 35.5. The van der Waals surface area contributed by atoms with Crippen LogP contribution in [0.2, 0.25) is 5.02 Å². The minimum atomic E-state index is -4.03. The van der Waals surface area contributed by atoms with E-state index in [0.29, 0.717) is 10.6 Å². The average molecular weight is 505 g/mol. The fraction of sp³-hybridized carbons (Fsp3) is 0.217. The first kappa shape index (κ1) is 23.3. The van der Waals surface area contributed by atoms with Crippen molar-refractivity contribution >= 4 is 55.5 Å². The fourth-order valence-corrected chi connectivity index (χ4v) is 6.59. The van der Waals surface area contributed by atoms with Gasteiger partial charge in [-0.05, 0) is 56.0 Å². The molecule has 1 heterocycles. The summed E-state index contributed by atoms with van der Waals surface area (Å²) in [5.41, 5.74) is 1.51. The summed E-state index contributed by atoms with van der Waals surface area (Å²) in [6.45, 7) is 1.95. The molecule has 1 aromatic heterocycles. The minimum Gasteiger partial charge on any atom is -0.462 e. The van der Waals surface area contributed by atoms with E-state index in [4.69, 9.17) is 16.3 Å². The number of halogens is 1. The first-order valence-corrected chi connectivity index (χ1v) is 13.0.